The number of nitrogens with two attached hydrogens (primary N) is 2. The van der Waals surface area contributed by atoms with E-state index in [1.165, 1.54) is 12.1 Å². The number of hydrogen-bond donors (Lipinski definition) is 4. The van der Waals surface area contributed by atoms with Crippen LogP contribution in [0.3, 0.4) is 0 Å². The summed E-state index contributed by atoms with van der Waals surface area (Å²) in [6, 6.07) is 8.13. The number of primary amides is 1. The predicted molar refractivity (Wildman–Crippen MR) is 110 cm³/mol. The molecule has 0 saturated heterocycles. The lowest BCUT2D eigenvalue weighted by Crippen LogP contribution is -2.25. The molecule has 0 aliphatic heterocycles. The molecule has 1 aromatic carbocycles. The molecule has 0 atom stereocenters. The van der Waals surface area contributed by atoms with Crippen molar-refractivity contribution in [2.75, 3.05) is 12.3 Å². The third kappa shape index (κ3) is 5.63. The number of hydrogen-bond acceptors (Lipinski definition) is 5. The van der Waals surface area contributed by atoms with Crippen LogP contribution in [0.15, 0.2) is 66.5 Å². The van der Waals surface area contributed by atoms with Gasteiger partial charge >= 0.3 is 0 Å². The molecule has 0 bridgehead atoms. The van der Waals surface area contributed by atoms with Crippen LogP contribution < -0.4 is 16.8 Å². The van der Waals surface area contributed by atoms with Crippen molar-refractivity contribution in [3.8, 4) is 0 Å². The molecule has 0 saturated carbocycles. The lowest BCUT2D eigenvalue weighted by Gasteiger charge is -2.11. The fraction of sp³-hybridized carbons (Fsp3) is 0.143. The zero-order valence-corrected chi connectivity index (χ0v) is 15.6. The Bertz CT molecular complexity index is 933. The molecule has 2 amide bonds. The maximum absolute atomic E-state index is 12.1. The Hall–Kier alpha value is -3.74. The molecule has 7 nitrogen and oxygen atoms in total. The minimum atomic E-state index is -0.589. The molecule has 6 N–H and O–H groups in total. The van der Waals surface area contributed by atoms with Crippen molar-refractivity contribution >= 4 is 23.2 Å². The number of benzene rings is 1. The van der Waals surface area contributed by atoms with E-state index in [0.717, 1.165) is 5.56 Å². The normalized spacial score (nSPS) is 11.4. The molecule has 0 aliphatic carbocycles. The van der Waals surface area contributed by atoms with E-state index in [4.69, 9.17) is 16.9 Å². The Labute approximate surface area is 163 Å². The summed E-state index contributed by atoms with van der Waals surface area (Å²) >= 11 is 0. The van der Waals surface area contributed by atoms with Crippen LogP contribution in [0.4, 0.5) is 5.69 Å². The van der Waals surface area contributed by atoms with Crippen molar-refractivity contribution in [1.82, 2.24) is 10.3 Å². The van der Waals surface area contributed by atoms with Gasteiger partial charge in [-0.3, -0.25) is 20.0 Å². The number of allylic oxidation sites excluding steroid dienone is 3. The van der Waals surface area contributed by atoms with Gasteiger partial charge in [-0.1, -0.05) is 18.2 Å². The van der Waals surface area contributed by atoms with Gasteiger partial charge in [-0.15, -0.1) is 0 Å². The number of nitrogen functional groups attached to an aromatic ring is 1. The van der Waals surface area contributed by atoms with Crippen LogP contribution in [0.25, 0.3) is 0 Å². The van der Waals surface area contributed by atoms with Crippen molar-refractivity contribution in [3.63, 3.8) is 0 Å². The molecule has 7 heteroatoms. The van der Waals surface area contributed by atoms with Gasteiger partial charge in [0.05, 0.1) is 12.1 Å². The molecule has 144 valence electrons. The number of pyridine rings is 1. The fourth-order valence-electron chi connectivity index (χ4n) is 2.54. The van der Waals surface area contributed by atoms with E-state index in [1.807, 2.05) is 6.92 Å². The second-order valence-electron chi connectivity index (χ2n) is 6.04. The number of aromatic nitrogens is 1. The number of carbonyl (C=O) groups excluding carboxylic acids is 2. The number of nitrogens with zero attached hydrogens (tertiary/aromatic N) is 1. The predicted octanol–water partition coefficient (Wildman–Crippen LogP) is 1.99. The van der Waals surface area contributed by atoms with Crippen LogP contribution in [0.2, 0.25) is 0 Å². The van der Waals surface area contributed by atoms with Gasteiger partial charge in [0.1, 0.15) is 0 Å². The van der Waals surface area contributed by atoms with E-state index in [2.05, 4.69) is 10.3 Å². The number of rotatable bonds is 8. The average Bonchev–Trinajstić information content (AvgIpc) is 2.67. The number of carbonyl (C=O) groups is 2. The standard InChI is InChI=1S/C21H23N5O2/c1-2-3-15(8-11-26-19(27)12-14-6-9-25-10-7-14)20(23)17-13-16(21(24)28)4-5-18(17)22/h2-10,13,23H,11-12,22H2,1H3,(H2,24,28)(H,26,27)/b3-2-,15-8+,23-20?. The third-order valence-corrected chi connectivity index (χ3v) is 3.98. The number of anilines is 1. The lowest BCUT2D eigenvalue weighted by molar-refractivity contribution is -0.120. The Morgan fingerprint density at radius 2 is 1.93 bits per heavy atom. The molecule has 1 heterocycles. The molecule has 1 aromatic heterocycles. The first-order chi connectivity index (χ1) is 13.4. The summed E-state index contributed by atoms with van der Waals surface area (Å²) in [4.78, 5) is 27.4. The topological polar surface area (TPSA) is 135 Å². The molecule has 0 spiro atoms. The summed E-state index contributed by atoms with van der Waals surface area (Å²) in [6.07, 6.45) is 8.78. The quantitative estimate of drug-likeness (QED) is 0.318. The van der Waals surface area contributed by atoms with E-state index < -0.39 is 5.91 Å². The van der Waals surface area contributed by atoms with Gasteiger partial charge in [-0.2, -0.15) is 0 Å². The maximum Gasteiger partial charge on any atom is 0.248 e. The minimum Gasteiger partial charge on any atom is -0.398 e. The zero-order chi connectivity index (χ0) is 20.5. The minimum absolute atomic E-state index is 0.135. The van der Waals surface area contributed by atoms with Gasteiger partial charge in [0.15, 0.2) is 0 Å². The van der Waals surface area contributed by atoms with Crippen LogP contribution in [-0.4, -0.2) is 29.1 Å². The summed E-state index contributed by atoms with van der Waals surface area (Å²) < 4.78 is 0. The van der Waals surface area contributed by atoms with Crippen LogP contribution in [0.1, 0.15) is 28.4 Å². The third-order valence-electron chi connectivity index (χ3n) is 3.98. The van der Waals surface area contributed by atoms with Gasteiger partial charge in [-0.05, 0) is 48.4 Å². The Balaban J connectivity index is 2.11. The molecule has 28 heavy (non-hydrogen) atoms. The Morgan fingerprint density at radius 3 is 2.57 bits per heavy atom. The summed E-state index contributed by atoms with van der Waals surface area (Å²) in [7, 11) is 0. The largest absolute Gasteiger partial charge is 0.398 e. The van der Waals surface area contributed by atoms with Gasteiger partial charge in [0.2, 0.25) is 11.8 Å². The molecular formula is C21H23N5O2. The maximum atomic E-state index is 12.1. The van der Waals surface area contributed by atoms with E-state index in [1.54, 1.807) is 48.8 Å². The SMILES string of the molecule is C/C=C\C(=C/CNC(=O)Cc1ccncc1)C(=N)c1cc(C(N)=O)ccc1N. The van der Waals surface area contributed by atoms with Gasteiger partial charge in [0, 0.05) is 35.8 Å². The summed E-state index contributed by atoms with van der Waals surface area (Å²) in [5.74, 6) is -0.724. The first-order valence-electron chi connectivity index (χ1n) is 8.69. The molecule has 2 aromatic rings. The average molecular weight is 377 g/mol. The number of amides is 2. The first kappa shape index (κ1) is 20.6. The second-order valence-corrected chi connectivity index (χ2v) is 6.04. The van der Waals surface area contributed by atoms with Gasteiger partial charge in [0.25, 0.3) is 0 Å². The summed E-state index contributed by atoms with van der Waals surface area (Å²) in [5, 5.41) is 11.3. The molecule has 0 unspecified atom stereocenters. The van der Waals surface area contributed by atoms with E-state index in [0.29, 0.717) is 16.8 Å². The van der Waals surface area contributed by atoms with Crippen molar-refractivity contribution in [2.45, 2.75) is 13.3 Å². The van der Waals surface area contributed by atoms with E-state index in [9.17, 15) is 9.59 Å². The highest BCUT2D eigenvalue weighted by Crippen LogP contribution is 2.19. The molecular weight excluding hydrogens is 354 g/mol. The second kappa shape index (κ2) is 9.82. The Kier molecular flexibility index (Phi) is 7.21. The van der Waals surface area contributed by atoms with Crippen LogP contribution in [0.5, 0.6) is 0 Å². The van der Waals surface area contributed by atoms with Crippen molar-refractivity contribution < 1.29 is 9.59 Å². The highest BCUT2D eigenvalue weighted by molar-refractivity contribution is 6.16. The highest BCUT2D eigenvalue weighted by atomic mass is 16.1. The van der Waals surface area contributed by atoms with Crippen LogP contribution in [0, 0.1) is 5.41 Å². The van der Waals surface area contributed by atoms with Crippen molar-refractivity contribution in [1.29, 1.82) is 5.41 Å². The molecule has 2 rings (SSSR count). The number of nitrogens with one attached hydrogen (secondary N) is 2. The molecule has 0 fully saturated rings. The lowest BCUT2D eigenvalue weighted by atomic mass is 9.98. The summed E-state index contributed by atoms with van der Waals surface area (Å²) in [5.41, 5.74) is 13.9. The van der Waals surface area contributed by atoms with Crippen molar-refractivity contribution in [2.24, 2.45) is 5.73 Å². The van der Waals surface area contributed by atoms with E-state index >= 15 is 0 Å². The zero-order valence-electron chi connectivity index (χ0n) is 15.6. The van der Waals surface area contributed by atoms with Gasteiger partial charge < -0.3 is 16.8 Å². The van der Waals surface area contributed by atoms with Crippen molar-refractivity contribution in [3.05, 3.63) is 83.2 Å². The summed E-state index contributed by atoms with van der Waals surface area (Å²) in [6.45, 7) is 2.08. The molecule has 0 radical (unpaired) electrons. The van der Waals surface area contributed by atoms with Crippen LogP contribution >= 0.6 is 0 Å². The van der Waals surface area contributed by atoms with Crippen LogP contribution in [-0.2, 0) is 11.2 Å². The smallest absolute Gasteiger partial charge is 0.248 e. The highest BCUT2D eigenvalue weighted by Gasteiger charge is 2.12. The first-order valence-corrected chi connectivity index (χ1v) is 8.69. The van der Waals surface area contributed by atoms with Gasteiger partial charge in [-0.25, -0.2) is 0 Å². The fourth-order valence-corrected chi connectivity index (χ4v) is 2.54. The Morgan fingerprint density at radius 1 is 1.21 bits per heavy atom. The monoisotopic (exact) mass is 377 g/mol. The molecule has 0 aliphatic rings. The van der Waals surface area contributed by atoms with E-state index in [-0.39, 0.29) is 30.1 Å².